The lowest BCUT2D eigenvalue weighted by Crippen LogP contribution is -2.07. The maximum atomic E-state index is 13.5. The van der Waals surface area contributed by atoms with Crippen LogP contribution in [0.15, 0.2) is 18.3 Å². The van der Waals surface area contributed by atoms with Crippen LogP contribution in [0.25, 0.3) is 0 Å². The number of carboxylic acid groups (broad SMARTS) is 1. The molecule has 0 radical (unpaired) electrons. The van der Waals surface area contributed by atoms with E-state index in [1.54, 1.807) is 6.20 Å². The molecule has 1 aromatic carbocycles. The molecule has 0 spiro atoms. The molecule has 7 heteroatoms. The van der Waals surface area contributed by atoms with Gasteiger partial charge in [-0.1, -0.05) is 0 Å². The van der Waals surface area contributed by atoms with Crippen molar-refractivity contribution < 1.29 is 14.3 Å². The van der Waals surface area contributed by atoms with Crippen molar-refractivity contribution in [2.45, 2.75) is 13.5 Å². The van der Waals surface area contributed by atoms with Crippen molar-refractivity contribution in [1.82, 2.24) is 4.98 Å². The van der Waals surface area contributed by atoms with E-state index in [1.165, 1.54) is 11.3 Å². The Morgan fingerprint density at radius 1 is 1.58 bits per heavy atom. The predicted molar refractivity (Wildman–Crippen MR) is 71.9 cm³/mol. The van der Waals surface area contributed by atoms with Gasteiger partial charge in [-0.05, 0) is 19.1 Å². The number of halogens is 1. The Balaban J connectivity index is 2.17. The number of carbonyl (C=O) groups is 1. The van der Waals surface area contributed by atoms with Crippen LogP contribution in [0.3, 0.4) is 0 Å². The summed E-state index contributed by atoms with van der Waals surface area (Å²) < 4.78 is 13.5. The van der Waals surface area contributed by atoms with Gasteiger partial charge in [-0.15, -0.1) is 11.3 Å². The van der Waals surface area contributed by atoms with Crippen molar-refractivity contribution in [3.63, 3.8) is 0 Å². The number of aromatic nitrogens is 1. The number of nitrogens with one attached hydrogen (secondary N) is 1. The summed E-state index contributed by atoms with van der Waals surface area (Å²) in [5.41, 5.74) is 5.79. The van der Waals surface area contributed by atoms with Gasteiger partial charge in [0.15, 0.2) is 0 Å². The van der Waals surface area contributed by atoms with Crippen LogP contribution in [0.1, 0.15) is 20.2 Å². The third-order valence-electron chi connectivity index (χ3n) is 2.47. The molecule has 0 unspecified atom stereocenters. The molecular weight excluding hydrogens is 269 g/mol. The topological polar surface area (TPSA) is 88.2 Å². The molecule has 0 aliphatic rings. The summed E-state index contributed by atoms with van der Waals surface area (Å²) in [5.74, 6) is -2.16. The number of benzene rings is 1. The van der Waals surface area contributed by atoms with Crippen molar-refractivity contribution in [2.75, 3.05) is 11.1 Å². The highest BCUT2D eigenvalue weighted by Crippen LogP contribution is 2.24. The molecule has 0 bridgehead atoms. The molecule has 100 valence electrons. The van der Waals surface area contributed by atoms with Gasteiger partial charge in [-0.3, -0.25) is 0 Å². The van der Waals surface area contributed by atoms with E-state index in [0.717, 1.165) is 22.0 Å². The fourth-order valence-electron chi connectivity index (χ4n) is 1.56. The zero-order valence-electron chi connectivity index (χ0n) is 10.1. The molecule has 0 saturated heterocycles. The lowest BCUT2D eigenvalue weighted by atomic mass is 10.1. The molecule has 19 heavy (non-hydrogen) atoms. The van der Waals surface area contributed by atoms with Gasteiger partial charge in [0, 0.05) is 11.1 Å². The maximum absolute atomic E-state index is 13.5. The number of rotatable bonds is 4. The Kier molecular flexibility index (Phi) is 3.66. The molecule has 0 aliphatic carbocycles. The van der Waals surface area contributed by atoms with Gasteiger partial charge in [-0.2, -0.15) is 0 Å². The van der Waals surface area contributed by atoms with E-state index in [2.05, 4.69) is 10.3 Å². The van der Waals surface area contributed by atoms with Gasteiger partial charge in [-0.25, -0.2) is 14.2 Å². The van der Waals surface area contributed by atoms with Crippen LogP contribution in [-0.4, -0.2) is 16.1 Å². The molecule has 5 nitrogen and oxygen atoms in total. The highest BCUT2D eigenvalue weighted by atomic mass is 32.1. The fourth-order valence-corrected chi connectivity index (χ4v) is 2.29. The number of aromatic carboxylic acids is 1. The fraction of sp³-hybridized carbons (Fsp3) is 0.167. The molecule has 0 aliphatic heterocycles. The van der Waals surface area contributed by atoms with Crippen LogP contribution >= 0.6 is 11.3 Å². The number of nitrogens with two attached hydrogens (primary N) is 1. The molecule has 0 fully saturated rings. The van der Waals surface area contributed by atoms with Gasteiger partial charge < -0.3 is 16.2 Å². The molecule has 1 aromatic heterocycles. The van der Waals surface area contributed by atoms with E-state index < -0.39 is 17.3 Å². The van der Waals surface area contributed by atoms with Crippen molar-refractivity contribution in [2.24, 2.45) is 0 Å². The van der Waals surface area contributed by atoms with Crippen LogP contribution in [0.5, 0.6) is 0 Å². The van der Waals surface area contributed by atoms with Crippen molar-refractivity contribution in [1.29, 1.82) is 0 Å². The number of hydrogen-bond acceptors (Lipinski definition) is 5. The number of hydrogen-bond donors (Lipinski definition) is 3. The Morgan fingerprint density at radius 2 is 2.32 bits per heavy atom. The second-order valence-electron chi connectivity index (χ2n) is 3.94. The molecule has 2 aromatic rings. The number of anilines is 2. The zero-order valence-corrected chi connectivity index (χ0v) is 10.9. The van der Waals surface area contributed by atoms with Gasteiger partial charge in [0.25, 0.3) is 0 Å². The predicted octanol–water partition coefficient (Wildman–Crippen LogP) is 2.48. The van der Waals surface area contributed by atoms with E-state index in [-0.39, 0.29) is 5.69 Å². The average Bonchev–Trinajstić information content (AvgIpc) is 2.75. The summed E-state index contributed by atoms with van der Waals surface area (Å²) in [7, 11) is 0. The largest absolute Gasteiger partial charge is 0.478 e. The second kappa shape index (κ2) is 5.23. The number of nitrogen functional groups attached to an aromatic ring is 1. The highest BCUT2D eigenvalue weighted by Gasteiger charge is 2.13. The average molecular weight is 281 g/mol. The minimum Gasteiger partial charge on any atom is -0.478 e. The summed E-state index contributed by atoms with van der Waals surface area (Å²) in [4.78, 5) is 16.0. The summed E-state index contributed by atoms with van der Waals surface area (Å²) >= 11 is 1.52. The Labute approximate surface area is 112 Å². The SMILES string of the molecule is Cc1cnc(CNc2cc(F)c(C(=O)O)cc2N)s1. The summed E-state index contributed by atoms with van der Waals surface area (Å²) in [6, 6.07) is 2.19. The van der Waals surface area contributed by atoms with E-state index in [9.17, 15) is 9.18 Å². The van der Waals surface area contributed by atoms with Crippen molar-refractivity contribution >= 4 is 28.7 Å². The van der Waals surface area contributed by atoms with Crippen molar-refractivity contribution in [3.05, 3.63) is 39.6 Å². The maximum Gasteiger partial charge on any atom is 0.338 e. The Bertz CT molecular complexity index is 627. The molecule has 0 atom stereocenters. The minimum absolute atomic E-state index is 0.187. The van der Waals surface area contributed by atoms with Crippen molar-refractivity contribution in [3.8, 4) is 0 Å². The van der Waals surface area contributed by atoms with Crippen LogP contribution in [0.2, 0.25) is 0 Å². The molecule has 1 heterocycles. The van der Waals surface area contributed by atoms with E-state index in [4.69, 9.17) is 10.8 Å². The van der Waals surface area contributed by atoms with E-state index in [1.807, 2.05) is 6.92 Å². The standard InChI is InChI=1S/C12H12FN3O2S/c1-6-4-16-11(19-6)5-15-10-3-8(13)7(12(17)18)2-9(10)14/h2-4,15H,5,14H2,1H3,(H,17,18). The Morgan fingerprint density at radius 3 is 2.89 bits per heavy atom. The van der Waals surface area contributed by atoms with Crippen LogP contribution in [0, 0.1) is 12.7 Å². The molecule has 0 saturated carbocycles. The smallest absolute Gasteiger partial charge is 0.338 e. The monoisotopic (exact) mass is 281 g/mol. The van der Waals surface area contributed by atoms with E-state index in [0.29, 0.717) is 12.2 Å². The highest BCUT2D eigenvalue weighted by molar-refractivity contribution is 7.11. The van der Waals surface area contributed by atoms with Gasteiger partial charge in [0.2, 0.25) is 0 Å². The first-order valence-electron chi connectivity index (χ1n) is 5.45. The lowest BCUT2D eigenvalue weighted by molar-refractivity contribution is 0.0692. The first-order valence-corrected chi connectivity index (χ1v) is 6.26. The first kappa shape index (κ1) is 13.3. The zero-order chi connectivity index (χ0) is 14.0. The molecular formula is C12H12FN3O2S. The molecule has 2 rings (SSSR count). The lowest BCUT2D eigenvalue weighted by Gasteiger charge is -2.09. The number of nitrogens with zero attached hydrogens (tertiary/aromatic N) is 1. The first-order chi connectivity index (χ1) is 8.97. The molecule has 0 amide bonds. The number of carboxylic acids is 1. The van der Waals surface area contributed by atoms with Crippen LogP contribution < -0.4 is 11.1 Å². The normalized spacial score (nSPS) is 10.4. The third kappa shape index (κ3) is 3.00. The summed E-state index contributed by atoms with van der Waals surface area (Å²) in [5, 5.41) is 12.6. The third-order valence-corrected chi connectivity index (χ3v) is 3.38. The van der Waals surface area contributed by atoms with Gasteiger partial charge in [0.05, 0.1) is 23.5 Å². The molecule has 4 N–H and O–H groups in total. The number of thiazole rings is 1. The quantitative estimate of drug-likeness (QED) is 0.749. The second-order valence-corrected chi connectivity index (χ2v) is 5.26. The summed E-state index contributed by atoms with van der Waals surface area (Å²) in [6.45, 7) is 2.35. The van der Waals surface area contributed by atoms with Gasteiger partial charge >= 0.3 is 5.97 Å². The van der Waals surface area contributed by atoms with Crippen LogP contribution in [0.4, 0.5) is 15.8 Å². The Hall–Kier alpha value is -2.15. The minimum atomic E-state index is -1.34. The van der Waals surface area contributed by atoms with E-state index >= 15 is 0 Å². The summed E-state index contributed by atoms with van der Waals surface area (Å²) in [6.07, 6.45) is 1.75. The number of aryl methyl sites for hydroxylation is 1. The van der Waals surface area contributed by atoms with Gasteiger partial charge in [0.1, 0.15) is 10.8 Å². The van der Waals surface area contributed by atoms with Crippen LogP contribution in [-0.2, 0) is 6.54 Å².